The molecule has 1 aromatic carbocycles. The van der Waals surface area contributed by atoms with Crippen LogP contribution in [0.25, 0.3) is 0 Å². The Morgan fingerprint density at radius 1 is 1.05 bits per heavy atom. The van der Waals surface area contributed by atoms with Gasteiger partial charge in [-0.3, -0.25) is 9.59 Å². The monoisotopic (exact) mass is 280 g/mol. The molecular formula is C14H20N2O4. The molecule has 110 valence electrons. The average Bonchev–Trinajstić information content (AvgIpc) is 2.49. The predicted molar refractivity (Wildman–Crippen MR) is 74.0 cm³/mol. The lowest BCUT2D eigenvalue weighted by Crippen LogP contribution is -2.43. The molecule has 0 saturated heterocycles. The van der Waals surface area contributed by atoms with Gasteiger partial charge < -0.3 is 20.1 Å². The molecule has 20 heavy (non-hydrogen) atoms. The zero-order valence-electron chi connectivity index (χ0n) is 11.7. The van der Waals surface area contributed by atoms with E-state index in [2.05, 4.69) is 10.6 Å². The maximum absolute atomic E-state index is 11.5. The number of rotatable bonds is 7. The first-order valence-electron chi connectivity index (χ1n) is 6.33. The van der Waals surface area contributed by atoms with Crippen LogP contribution < -0.4 is 10.6 Å². The zero-order chi connectivity index (χ0) is 14.8. The van der Waals surface area contributed by atoms with Crippen molar-refractivity contribution in [1.82, 2.24) is 10.6 Å². The van der Waals surface area contributed by atoms with Crippen molar-refractivity contribution in [3.05, 3.63) is 35.9 Å². The molecule has 0 radical (unpaired) electrons. The first-order valence-corrected chi connectivity index (χ1v) is 6.33. The first-order chi connectivity index (χ1) is 9.67. The smallest absolute Gasteiger partial charge is 0.309 e. The fourth-order valence-electron chi connectivity index (χ4n) is 1.56. The highest BCUT2D eigenvalue weighted by molar-refractivity contribution is 6.35. The van der Waals surface area contributed by atoms with Crippen molar-refractivity contribution < 1.29 is 19.1 Å². The fraction of sp³-hybridized carbons (Fsp3) is 0.429. The van der Waals surface area contributed by atoms with Crippen LogP contribution in [0.15, 0.2) is 30.3 Å². The molecule has 1 rings (SSSR count). The fourth-order valence-corrected chi connectivity index (χ4v) is 1.56. The van der Waals surface area contributed by atoms with Gasteiger partial charge in [0.1, 0.15) is 0 Å². The number of hydrogen-bond donors (Lipinski definition) is 2. The number of methoxy groups -OCH3 is 2. The van der Waals surface area contributed by atoms with E-state index in [0.717, 1.165) is 5.56 Å². The molecule has 1 aromatic rings. The van der Waals surface area contributed by atoms with Crippen molar-refractivity contribution in [2.75, 3.05) is 27.3 Å². The van der Waals surface area contributed by atoms with Crippen LogP contribution in [0.3, 0.4) is 0 Å². The molecule has 0 fully saturated rings. The van der Waals surface area contributed by atoms with Gasteiger partial charge in [-0.1, -0.05) is 30.3 Å². The molecule has 0 saturated carbocycles. The second-order valence-corrected chi connectivity index (χ2v) is 4.10. The van der Waals surface area contributed by atoms with Crippen molar-refractivity contribution in [3.8, 4) is 0 Å². The van der Waals surface area contributed by atoms with Gasteiger partial charge in [0.2, 0.25) is 0 Å². The van der Waals surface area contributed by atoms with Gasteiger partial charge in [0, 0.05) is 20.8 Å². The molecule has 0 unspecified atom stereocenters. The van der Waals surface area contributed by atoms with Crippen LogP contribution in [0.4, 0.5) is 0 Å². The van der Waals surface area contributed by atoms with E-state index in [1.54, 1.807) is 0 Å². The van der Waals surface area contributed by atoms with Crippen LogP contribution in [0, 0.1) is 0 Å². The Labute approximate surface area is 118 Å². The van der Waals surface area contributed by atoms with Gasteiger partial charge in [0.05, 0.1) is 6.54 Å². The summed E-state index contributed by atoms with van der Waals surface area (Å²) in [7, 11) is 2.92. The minimum absolute atomic E-state index is 0.123. The van der Waals surface area contributed by atoms with E-state index in [-0.39, 0.29) is 6.54 Å². The zero-order valence-corrected chi connectivity index (χ0v) is 11.7. The summed E-state index contributed by atoms with van der Waals surface area (Å²) in [5.74, 6) is -1.36. The molecule has 2 amide bonds. The minimum Gasteiger partial charge on any atom is -0.354 e. The second kappa shape index (κ2) is 9.06. The Hall–Kier alpha value is -1.92. The molecule has 0 aliphatic carbocycles. The first kappa shape index (κ1) is 16.1. The Bertz CT molecular complexity index is 418. The van der Waals surface area contributed by atoms with Gasteiger partial charge >= 0.3 is 11.8 Å². The molecular weight excluding hydrogens is 260 g/mol. The van der Waals surface area contributed by atoms with Crippen LogP contribution in [-0.4, -0.2) is 45.4 Å². The topological polar surface area (TPSA) is 76.7 Å². The molecule has 0 bridgehead atoms. The van der Waals surface area contributed by atoms with E-state index in [9.17, 15) is 9.59 Å². The third-order valence-electron chi connectivity index (χ3n) is 2.70. The van der Waals surface area contributed by atoms with Crippen molar-refractivity contribution in [2.45, 2.75) is 12.7 Å². The summed E-state index contributed by atoms with van der Waals surface area (Å²) in [6.45, 7) is 0.534. The third-order valence-corrected chi connectivity index (χ3v) is 2.70. The number of ether oxygens (including phenoxy) is 2. The van der Waals surface area contributed by atoms with E-state index in [0.29, 0.717) is 13.0 Å². The van der Waals surface area contributed by atoms with Gasteiger partial charge in [-0.15, -0.1) is 0 Å². The molecule has 2 N–H and O–H groups in total. The van der Waals surface area contributed by atoms with Crippen molar-refractivity contribution in [1.29, 1.82) is 0 Å². The van der Waals surface area contributed by atoms with Gasteiger partial charge in [-0.05, 0) is 12.0 Å². The normalized spacial score (nSPS) is 10.3. The van der Waals surface area contributed by atoms with Crippen LogP contribution in [0.2, 0.25) is 0 Å². The highest BCUT2D eigenvalue weighted by atomic mass is 16.7. The summed E-state index contributed by atoms with van der Waals surface area (Å²) < 4.78 is 9.80. The summed E-state index contributed by atoms with van der Waals surface area (Å²) in [5.41, 5.74) is 1.10. The third kappa shape index (κ3) is 5.81. The molecule has 0 heterocycles. The average molecular weight is 280 g/mol. The van der Waals surface area contributed by atoms with Crippen LogP contribution in [-0.2, 0) is 25.5 Å². The summed E-state index contributed by atoms with van der Waals surface area (Å²) in [4.78, 5) is 23.0. The second-order valence-electron chi connectivity index (χ2n) is 4.10. The standard InChI is InChI=1S/C14H20N2O4/c1-19-12(20-2)10-16-14(18)13(17)15-9-8-11-6-4-3-5-7-11/h3-7,12H,8-10H2,1-2H3,(H,15,17)(H,16,18). The van der Waals surface area contributed by atoms with Crippen LogP contribution in [0.5, 0.6) is 0 Å². The minimum atomic E-state index is -0.697. The van der Waals surface area contributed by atoms with E-state index in [4.69, 9.17) is 9.47 Å². The highest BCUT2D eigenvalue weighted by Gasteiger charge is 2.14. The number of carbonyl (C=O) groups is 2. The van der Waals surface area contributed by atoms with E-state index in [1.165, 1.54) is 14.2 Å². The Morgan fingerprint density at radius 2 is 1.65 bits per heavy atom. The highest BCUT2D eigenvalue weighted by Crippen LogP contribution is 1.97. The summed E-state index contributed by atoms with van der Waals surface area (Å²) in [5, 5.41) is 4.99. The van der Waals surface area contributed by atoms with Gasteiger partial charge in [0.15, 0.2) is 6.29 Å². The molecule has 6 heteroatoms. The lowest BCUT2D eigenvalue weighted by Gasteiger charge is -2.13. The molecule has 0 spiro atoms. The number of carbonyl (C=O) groups excluding carboxylic acids is 2. The Morgan fingerprint density at radius 3 is 2.25 bits per heavy atom. The van der Waals surface area contributed by atoms with Crippen LogP contribution in [0.1, 0.15) is 5.56 Å². The van der Waals surface area contributed by atoms with Crippen LogP contribution >= 0.6 is 0 Å². The largest absolute Gasteiger partial charge is 0.354 e. The predicted octanol–water partition coefficient (Wildman–Crippen LogP) is 0.0804. The Kier molecular flexibility index (Phi) is 7.31. The molecule has 0 aliphatic heterocycles. The lowest BCUT2D eigenvalue weighted by atomic mass is 10.1. The van der Waals surface area contributed by atoms with Crippen molar-refractivity contribution in [3.63, 3.8) is 0 Å². The number of benzene rings is 1. The number of nitrogens with one attached hydrogen (secondary N) is 2. The maximum Gasteiger partial charge on any atom is 0.309 e. The van der Waals surface area contributed by atoms with E-state index in [1.807, 2.05) is 30.3 Å². The molecule has 0 aliphatic rings. The molecule has 0 atom stereocenters. The van der Waals surface area contributed by atoms with E-state index >= 15 is 0 Å². The quantitative estimate of drug-likeness (QED) is 0.548. The molecule has 0 aromatic heterocycles. The Balaban J connectivity index is 2.23. The number of amides is 2. The van der Waals surface area contributed by atoms with E-state index < -0.39 is 18.1 Å². The maximum atomic E-state index is 11.5. The van der Waals surface area contributed by atoms with Crippen molar-refractivity contribution >= 4 is 11.8 Å². The summed E-state index contributed by atoms with van der Waals surface area (Å²) in [6, 6.07) is 9.72. The molecule has 6 nitrogen and oxygen atoms in total. The summed E-state index contributed by atoms with van der Waals surface area (Å²) in [6.07, 6.45) is 0.120. The number of hydrogen-bond acceptors (Lipinski definition) is 4. The lowest BCUT2D eigenvalue weighted by molar-refractivity contribution is -0.141. The van der Waals surface area contributed by atoms with Gasteiger partial charge in [0.25, 0.3) is 0 Å². The van der Waals surface area contributed by atoms with Gasteiger partial charge in [-0.25, -0.2) is 0 Å². The summed E-state index contributed by atoms with van der Waals surface area (Å²) >= 11 is 0. The van der Waals surface area contributed by atoms with Crippen molar-refractivity contribution in [2.24, 2.45) is 0 Å². The SMILES string of the molecule is COC(CNC(=O)C(=O)NCCc1ccccc1)OC. The van der Waals surface area contributed by atoms with Gasteiger partial charge in [-0.2, -0.15) is 0 Å².